The van der Waals surface area contributed by atoms with E-state index in [1.165, 1.54) is 19.3 Å². The third-order valence-corrected chi connectivity index (χ3v) is 3.98. The number of hydrogen-bond acceptors (Lipinski definition) is 3. The molecule has 1 amide bonds. The number of amides is 1. The highest BCUT2D eigenvalue weighted by Crippen LogP contribution is 2.39. The fraction of sp³-hybridized carbons (Fsp3) is 0.533. The minimum absolute atomic E-state index is 0.0961. The standard InChI is InChI=1S/C15H22N2O2/c1-15(7-2-8-15)10-17-14(19)13(16)9-11-3-5-12(18)6-4-11/h3-6,13,18H,2,7-10,16H2,1H3,(H,17,19). The van der Waals surface area contributed by atoms with Gasteiger partial charge in [-0.1, -0.05) is 25.5 Å². The zero-order valence-electron chi connectivity index (χ0n) is 11.4. The Morgan fingerprint density at radius 1 is 1.42 bits per heavy atom. The highest BCUT2D eigenvalue weighted by Gasteiger charge is 2.32. The normalized spacial score (nSPS) is 18.4. The predicted octanol–water partition coefficient (Wildman–Crippen LogP) is 1.57. The summed E-state index contributed by atoms with van der Waals surface area (Å²) in [6.45, 7) is 2.91. The molecule has 0 saturated heterocycles. The van der Waals surface area contributed by atoms with Gasteiger partial charge in [0.2, 0.25) is 5.91 Å². The van der Waals surface area contributed by atoms with E-state index in [1.54, 1.807) is 24.3 Å². The molecule has 1 saturated carbocycles. The molecular formula is C15H22N2O2. The second-order valence-electron chi connectivity index (χ2n) is 5.86. The molecule has 2 rings (SSSR count). The third kappa shape index (κ3) is 3.70. The van der Waals surface area contributed by atoms with Gasteiger partial charge >= 0.3 is 0 Å². The van der Waals surface area contributed by atoms with Gasteiger partial charge in [0.1, 0.15) is 5.75 Å². The molecule has 4 N–H and O–H groups in total. The average Bonchev–Trinajstić information content (AvgIpc) is 2.36. The van der Waals surface area contributed by atoms with E-state index in [0.717, 1.165) is 12.1 Å². The predicted molar refractivity (Wildman–Crippen MR) is 74.8 cm³/mol. The van der Waals surface area contributed by atoms with Crippen LogP contribution >= 0.6 is 0 Å². The minimum Gasteiger partial charge on any atom is -0.508 e. The third-order valence-electron chi connectivity index (χ3n) is 3.98. The van der Waals surface area contributed by atoms with Crippen molar-refractivity contribution in [1.82, 2.24) is 5.32 Å². The van der Waals surface area contributed by atoms with Crippen LogP contribution in [0.1, 0.15) is 31.7 Å². The number of nitrogens with two attached hydrogens (primary N) is 1. The highest BCUT2D eigenvalue weighted by molar-refractivity contribution is 5.81. The Kier molecular flexibility index (Phi) is 4.10. The quantitative estimate of drug-likeness (QED) is 0.754. The fourth-order valence-corrected chi connectivity index (χ4v) is 2.37. The van der Waals surface area contributed by atoms with Crippen LogP contribution in [0.2, 0.25) is 0 Å². The molecular weight excluding hydrogens is 240 g/mol. The first-order valence-corrected chi connectivity index (χ1v) is 6.80. The highest BCUT2D eigenvalue weighted by atomic mass is 16.3. The van der Waals surface area contributed by atoms with Gasteiger partial charge in [-0.15, -0.1) is 0 Å². The Hall–Kier alpha value is -1.55. The Morgan fingerprint density at radius 3 is 2.58 bits per heavy atom. The van der Waals surface area contributed by atoms with Crippen LogP contribution in [0.25, 0.3) is 0 Å². The van der Waals surface area contributed by atoms with Crippen LogP contribution in [0.3, 0.4) is 0 Å². The molecule has 1 aromatic rings. The van der Waals surface area contributed by atoms with E-state index in [-0.39, 0.29) is 17.1 Å². The zero-order valence-corrected chi connectivity index (χ0v) is 11.4. The Bertz CT molecular complexity index is 438. The van der Waals surface area contributed by atoms with Crippen LogP contribution in [0.15, 0.2) is 24.3 Å². The lowest BCUT2D eigenvalue weighted by Crippen LogP contribution is -2.47. The van der Waals surface area contributed by atoms with E-state index in [2.05, 4.69) is 12.2 Å². The van der Waals surface area contributed by atoms with Gasteiger partial charge in [0.05, 0.1) is 6.04 Å². The van der Waals surface area contributed by atoms with E-state index in [9.17, 15) is 9.90 Å². The summed E-state index contributed by atoms with van der Waals surface area (Å²) < 4.78 is 0. The molecule has 0 heterocycles. The molecule has 1 aliphatic carbocycles. The van der Waals surface area contributed by atoms with Crippen molar-refractivity contribution in [2.24, 2.45) is 11.1 Å². The van der Waals surface area contributed by atoms with Crippen LogP contribution in [0.5, 0.6) is 5.75 Å². The molecule has 0 bridgehead atoms. The second-order valence-corrected chi connectivity index (χ2v) is 5.86. The molecule has 1 unspecified atom stereocenters. The van der Waals surface area contributed by atoms with Crippen molar-refractivity contribution in [3.63, 3.8) is 0 Å². The van der Waals surface area contributed by atoms with Crippen LogP contribution in [0.4, 0.5) is 0 Å². The van der Waals surface area contributed by atoms with Crippen LogP contribution < -0.4 is 11.1 Å². The molecule has 1 aliphatic rings. The summed E-state index contributed by atoms with van der Waals surface area (Å²) in [6.07, 6.45) is 4.11. The minimum atomic E-state index is -0.534. The van der Waals surface area contributed by atoms with Gasteiger partial charge in [0.25, 0.3) is 0 Å². The smallest absolute Gasteiger partial charge is 0.237 e. The number of nitrogens with one attached hydrogen (secondary N) is 1. The van der Waals surface area contributed by atoms with E-state index >= 15 is 0 Å². The van der Waals surface area contributed by atoms with Gasteiger partial charge in [-0.3, -0.25) is 4.79 Å². The SMILES string of the molecule is CC1(CNC(=O)C(N)Cc2ccc(O)cc2)CCC1. The summed E-state index contributed by atoms with van der Waals surface area (Å²) in [6, 6.07) is 6.25. The van der Waals surface area contributed by atoms with Crippen molar-refractivity contribution in [1.29, 1.82) is 0 Å². The summed E-state index contributed by atoms with van der Waals surface area (Å²) in [7, 11) is 0. The molecule has 0 radical (unpaired) electrons. The first-order chi connectivity index (χ1) is 8.98. The van der Waals surface area contributed by atoms with Crippen molar-refractivity contribution in [2.75, 3.05) is 6.54 Å². The summed E-state index contributed by atoms with van der Waals surface area (Å²) in [5.74, 6) is 0.126. The monoisotopic (exact) mass is 262 g/mol. The number of carbonyl (C=O) groups excluding carboxylic acids is 1. The van der Waals surface area contributed by atoms with Gasteiger partial charge in [-0.05, 0) is 42.4 Å². The number of benzene rings is 1. The van der Waals surface area contributed by atoms with Gasteiger partial charge < -0.3 is 16.2 Å². The van der Waals surface area contributed by atoms with E-state index < -0.39 is 6.04 Å². The number of aromatic hydroxyl groups is 1. The van der Waals surface area contributed by atoms with Crippen molar-refractivity contribution in [3.05, 3.63) is 29.8 Å². The molecule has 1 fully saturated rings. The molecule has 0 aromatic heterocycles. The van der Waals surface area contributed by atoms with Crippen LogP contribution in [-0.2, 0) is 11.2 Å². The first-order valence-electron chi connectivity index (χ1n) is 6.80. The molecule has 0 spiro atoms. The molecule has 19 heavy (non-hydrogen) atoms. The van der Waals surface area contributed by atoms with E-state index in [4.69, 9.17) is 5.73 Å². The Balaban J connectivity index is 1.80. The number of phenols is 1. The molecule has 104 valence electrons. The van der Waals surface area contributed by atoms with Crippen molar-refractivity contribution >= 4 is 5.91 Å². The van der Waals surface area contributed by atoms with Crippen LogP contribution in [0, 0.1) is 5.41 Å². The van der Waals surface area contributed by atoms with Crippen molar-refractivity contribution in [3.8, 4) is 5.75 Å². The Labute approximate surface area is 114 Å². The fourth-order valence-electron chi connectivity index (χ4n) is 2.37. The maximum Gasteiger partial charge on any atom is 0.237 e. The van der Waals surface area contributed by atoms with E-state index in [1.807, 2.05) is 0 Å². The van der Waals surface area contributed by atoms with Gasteiger partial charge in [-0.25, -0.2) is 0 Å². The van der Waals surface area contributed by atoms with Crippen molar-refractivity contribution < 1.29 is 9.90 Å². The van der Waals surface area contributed by atoms with Gasteiger partial charge in [-0.2, -0.15) is 0 Å². The summed E-state index contributed by atoms with van der Waals surface area (Å²) >= 11 is 0. The summed E-state index contributed by atoms with van der Waals surface area (Å²) in [5, 5.41) is 12.1. The van der Waals surface area contributed by atoms with Gasteiger partial charge in [0.15, 0.2) is 0 Å². The second kappa shape index (κ2) is 5.61. The maximum absolute atomic E-state index is 11.9. The zero-order chi connectivity index (χ0) is 13.9. The number of phenolic OH excluding ortho intramolecular Hbond substituents is 1. The largest absolute Gasteiger partial charge is 0.508 e. The van der Waals surface area contributed by atoms with Crippen molar-refractivity contribution in [2.45, 2.75) is 38.6 Å². The average molecular weight is 262 g/mol. The molecule has 1 atom stereocenters. The topological polar surface area (TPSA) is 75.4 Å². The Morgan fingerprint density at radius 2 is 2.05 bits per heavy atom. The summed E-state index contributed by atoms with van der Waals surface area (Å²) in [5.41, 5.74) is 7.13. The number of carbonyl (C=O) groups is 1. The lowest BCUT2D eigenvalue weighted by Gasteiger charge is -2.38. The number of hydrogen-bond donors (Lipinski definition) is 3. The molecule has 1 aromatic carbocycles. The van der Waals surface area contributed by atoms with Gasteiger partial charge in [0, 0.05) is 6.54 Å². The number of rotatable bonds is 5. The maximum atomic E-state index is 11.9. The molecule has 4 heteroatoms. The van der Waals surface area contributed by atoms with Crippen LogP contribution in [-0.4, -0.2) is 23.6 Å². The molecule has 0 aliphatic heterocycles. The lowest BCUT2D eigenvalue weighted by atomic mass is 9.70. The molecule has 4 nitrogen and oxygen atoms in total. The lowest BCUT2D eigenvalue weighted by molar-refractivity contribution is -0.123. The summed E-state index contributed by atoms with van der Waals surface area (Å²) in [4.78, 5) is 11.9. The first kappa shape index (κ1) is 13.9. The van der Waals surface area contributed by atoms with E-state index in [0.29, 0.717) is 6.42 Å².